The lowest BCUT2D eigenvalue weighted by Crippen LogP contribution is -2.39. The molecule has 3 heterocycles. The van der Waals surface area contributed by atoms with Gasteiger partial charge >= 0.3 is 0 Å². The Hall–Kier alpha value is -1.73. The standard InChI is InChI=1S/C15H21N5OS/c1-13(20-7-2-4-17-20)15(21)19-6-3-5-18(8-9-19)10-14-11-22-12-16-14/h2,4,7,11-13H,3,5-6,8-10H2,1H3. The Bertz CT molecular complexity index is 583. The van der Waals surface area contributed by atoms with Crippen LogP contribution in [0, 0.1) is 0 Å². The Morgan fingerprint density at radius 3 is 3.00 bits per heavy atom. The van der Waals surface area contributed by atoms with Crippen molar-refractivity contribution in [2.24, 2.45) is 0 Å². The van der Waals surface area contributed by atoms with Gasteiger partial charge in [0.15, 0.2) is 0 Å². The molecule has 3 rings (SSSR count). The first-order valence-electron chi connectivity index (χ1n) is 7.61. The molecular formula is C15H21N5OS. The predicted octanol–water partition coefficient (Wildman–Crippen LogP) is 1.64. The summed E-state index contributed by atoms with van der Waals surface area (Å²) in [5.41, 5.74) is 2.99. The average Bonchev–Trinajstić information content (AvgIpc) is 3.18. The predicted molar refractivity (Wildman–Crippen MR) is 85.5 cm³/mol. The fourth-order valence-electron chi connectivity index (χ4n) is 2.78. The molecule has 7 heteroatoms. The molecule has 1 aliphatic rings. The summed E-state index contributed by atoms with van der Waals surface area (Å²) in [5.74, 6) is 0.152. The van der Waals surface area contributed by atoms with Gasteiger partial charge in [0.2, 0.25) is 5.91 Å². The summed E-state index contributed by atoms with van der Waals surface area (Å²) in [5, 5.41) is 6.26. The van der Waals surface area contributed by atoms with Crippen molar-refractivity contribution >= 4 is 17.2 Å². The first-order chi connectivity index (χ1) is 10.7. The molecule has 0 N–H and O–H groups in total. The van der Waals surface area contributed by atoms with Gasteiger partial charge in [-0.05, 0) is 19.4 Å². The number of carbonyl (C=O) groups is 1. The maximum Gasteiger partial charge on any atom is 0.247 e. The molecule has 118 valence electrons. The zero-order chi connectivity index (χ0) is 15.4. The van der Waals surface area contributed by atoms with Gasteiger partial charge in [0.05, 0.1) is 11.2 Å². The summed E-state index contributed by atoms with van der Waals surface area (Å²) in [6.45, 7) is 6.28. The van der Waals surface area contributed by atoms with Gasteiger partial charge in [-0.25, -0.2) is 4.98 Å². The van der Waals surface area contributed by atoms with Crippen LogP contribution in [0.1, 0.15) is 25.1 Å². The van der Waals surface area contributed by atoms with Crippen LogP contribution in [-0.2, 0) is 11.3 Å². The molecule has 1 fully saturated rings. The van der Waals surface area contributed by atoms with E-state index in [1.807, 2.05) is 29.6 Å². The Labute approximate surface area is 134 Å². The monoisotopic (exact) mass is 319 g/mol. The van der Waals surface area contributed by atoms with Gasteiger partial charge in [-0.3, -0.25) is 14.4 Å². The van der Waals surface area contributed by atoms with Crippen molar-refractivity contribution in [2.45, 2.75) is 25.9 Å². The first-order valence-corrected chi connectivity index (χ1v) is 8.55. The second-order valence-corrected chi connectivity index (χ2v) is 6.32. The van der Waals surface area contributed by atoms with Crippen LogP contribution in [0.3, 0.4) is 0 Å². The van der Waals surface area contributed by atoms with Crippen LogP contribution < -0.4 is 0 Å². The maximum atomic E-state index is 12.6. The highest BCUT2D eigenvalue weighted by atomic mass is 32.1. The number of carbonyl (C=O) groups excluding carboxylic acids is 1. The van der Waals surface area contributed by atoms with Gasteiger partial charge in [0.25, 0.3) is 0 Å². The largest absolute Gasteiger partial charge is 0.340 e. The van der Waals surface area contributed by atoms with Gasteiger partial charge < -0.3 is 4.90 Å². The van der Waals surface area contributed by atoms with Crippen LogP contribution in [0.5, 0.6) is 0 Å². The molecule has 1 aliphatic heterocycles. The first kappa shape index (κ1) is 15.2. The minimum absolute atomic E-state index is 0.152. The molecule has 1 atom stereocenters. The SMILES string of the molecule is CC(C(=O)N1CCCN(Cc2cscn2)CC1)n1cccn1. The van der Waals surface area contributed by atoms with Crippen molar-refractivity contribution in [3.8, 4) is 0 Å². The zero-order valence-corrected chi connectivity index (χ0v) is 13.6. The third-order valence-corrected chi connectivity index (χ3v) is 4.68. The summed E-state index contributed by atoms with van der Waals surface area (Å²) >= 11 is 1.63. The van der Waals surface area contributed by atoms with E-state index in [9.17, 15) is 4.79 Å². The molecule has 0 aromatic carbocycles. The normalized spacial score (nSPS) is 18.1. The van der Waals surface area contributed by atoms with E-state index in [2.05, 4.69) is 20.4 Å². The lowest BCUT2D eigenvalue weighted by atomic mass is 10.2. The molecule has 0 radical (unpaired) electrons. The van der Waals surface area contributed by atoms with Crippen LogP contribution in [0.4, 0.5) is 0 Å². The molecule has 1 unspecified atom stereocenters. The molecule has 0 saturated carbocycles. The number of nitrogens with zero attached hydrogens (tertiary/aromatic N) is 5. The smallest absolute Gasteiger partial charge is 0.247 e. The van der Waals surface area contributed by atoms with Gasteiger partial charge in [-0.2, -0.15) is 5.10 Å². The van der Waals surface area contributed by atoms with E-state index < -0.39 is 0 Å². The number of amides is 1. The fraction of sp³-hybridized carbons (Fsp3) is 0.533. The third kappa shape index (κ3) is 3.53. The molecule has 22 heavy (non-hydrogen) atoms. The van der Waals surface area contributed by atoms with Gasteiger partial charge in [0.1, 0.15) is 6.04 Å². The summed E-state index contributed by atoms with van der Waals surface area (Å²) in [6.07, 6.45) is 4.55. The third-order valence-electron chi connectivity index (χ3n) is 4.05. The quantitative estimate of drug-likeness (QED) is 0.859. The minimum Gasteiger partial charge on any atom is -0.340 e. The summed E-state index contributed by atoms with van der Waals surface area (Å²) < 4.78 is 1.72. The van der Waals surface area contributed by atoms with E-state index in [-0.39, 0.29) is 11.9 Å². The highest BCUT2D eigenvalue weighted by molar-refractivity contribution is 7.07. The zero-order valence-electron chi connectivity index (χ0n) is 12.8. The van der Waals surface area contributed by atoms with Crippen LogP contribution in [0.15, 0.2) is 29.4 Å². The Morgan fingerprint density at radius 2 is 2.27 bits per heavy atom. The topological polar surface area (TPSA) is 54.3 Å². The molecule has 1 amide bonds. The van der Waals surface area contributed by atoms with Crippen molar-refractivity contribution in [1.82, 2.24) is 24.6 Å². The second-order valence-electron chi connectivity index (χ2n) is 5.60. The Morgan fingerprint density at radius 1 is 1.36 bits per heavy atom. The van der Waals surface area contributed by atoms with Gasteiger partial charge in [-0.15, -0.1) is 11.3 Å². The molecule has 0 aliphatic carbocycles. The molecule has 2 aromatic heterocycles. The van der Waals surface area contributed by atoms with E-state index in [1.54, 1.807) is 22.2 Å². The molecule has 1 saturated heterocycles. The van der Waals surface area contributed by atoms with E-state index in [4.69, 9.17) is 0 Å². The summed E-state index contributed by atoms with van der Waals surface area (Å²) in [4.78, 5) is 21.3. The van der Waals surface area contributed by atoms with E-state index in [0.29, 0.717) is 0 Å². The van der Waals surface area contributed by atoms with E-state index in [0.717, 1.165) is 44.8 Å². The highest BCUT2D eigenvalue weighted by Crippen LogP contribution is 2.13. The lowest BCUT2D eigenvalue weighted by Gasteiger charge is -2.24. The van der Waals surface area contributed by atoms with Crippen LogP contribution >= 0.6 is 11.3 Å². The van der Waals surface area contributed by atoms with Crippen molar-refractivity contribution in [3.63, 3.8) is 0 Å². The molecule has 6 nitrogen and oxygen atoms in total. The number of thiazole rings is 1. The van der Waals surface area contributed by atoms with Crippen LogP contribution in [-0.4, -0.2) is 56.7 Å². The molecular weight excluding hydrogens is 298 g/mol. The molecule has 2 aromatic rings. The Kier molecular flexibility index (Phi) is 4.84. The number of hydrogen-bond donors (Lipinski definition) is 0. The summed E-state index contributed by atoms with van der Waals surface area (Å²) in [7, 11) is 0. The molecule has 0 bridgehead atoms. The molecule has 0 spiro atoms. The lowest BCUT2D eigenvalue weighted by molar-refractivity contribution is -0.134. The highest BCUT2D eigenvalue weighted by Gasteiger charge is 2.24. The van der Waals surface area contributed by atoms with Crippen LogP contribution in [0.2, 0.25) is 0 Å². The van der Waals surface area contributed by atoms with Gasteiger partial charge in [-0.1, -0.05) is 0 Å². The average molecular weight is 319 g/mol. The van der Waals surface area contributed by atoms with Crippen molar-refractivity contribution in [2.75, 3.05) is 26.2 Å². The Balaban J connectivity index is 1.56. The number of rotatable bonds is 4. The van der Waals surface area contributed by atoms with Crippen molar-refractivity contribution in [1.29, 1.82) is 0 Å². The fourth-order valence-corrected chi connectivity index (χ4v) is 3.33. The second kappa shape index (κ2) is 7.02. The number of hydrogen-bond acceptors (Lipinski definition) is 5. The number of aromatic nitrogens is 3. The minimum atomic E-state index is -0.236. The van der Waals surface area contributed by atoms with Gasteiger partial charge in [0, 0.05) is 50.5 Å². The van der Waals surface area contributed by atoms with Crippen molar-refractivity contribution < 1.29 is 4.79 Å². The van der Waals surface area contributed by atoms with Crippen LogP contribution in [0.25, 0.3) is 0 Å². The van der Waals surface area contributed by atoms with E-state index >= 15 is 0 Å². The van der Waals surface area contributed by atoms with Crippen molar-refractivity contribution in [3.05, 3.63) is 35.0 Å². The van der Waals surface area contributed by atoms with E-state index in [1.165, 1.54) is 0 Å². The summed E-state index contributed by atoms with van der Waals surface area (Å²) in [6, 6.07) is 1.61. The maximum absolute atomic E-state index is 12.6.